The quantitative estimate of drug-likeness (QED) is 0.194. The third kappa shape index (κ3) is 8.20. The van der Waals surface area contributed by atoms with Crippen molar-refractivity contribution in [3.05, 3.63) is 58.5 Å². The van der Waals surface area contributed by atoms with Crippen LogP contribution < -0.4 is 0 Å². The van der Waals surface area contributed by atoms with Crippen LogP contribution in [0.4, 0.5) is 0 Å². The van der Waals surface area contributed by atoms with Crippen molar-refractivity contribution < 1.29 is 19.5 Å². The zero-order valence-corrected chi connectivity index (χ0v) is 18.8. The van der Waals surface area contributed by atoms with E-state index in [2.05, 4.69) is 10.0 Å². The molecule has 2 heterocycles. The van der Waals surface area contributed by atoms with Crippen molar-refractivity contribution >= 4 is 39.7 Å². The molecule has 0 radical (unpaired) electrons. The lowest BCUT2D eigenvalue weighted by Gasteiger charge is -2.16. The van der Waals surface area contributed by atoms with E-state index in [0.717, 1.165) is 0 Å². The van der Waals surface area contributed by atoms with Crippen molar-refractivity contribution in [1.82, 2.24) is 9.13 Å². The van der Waals surface area contributed by atoms with Gasteiger partial charge in [-0.25, -0.2) is 0 Å². The predicted molar refractivity (Wildman–Crippen MR) is 122 cm³/mol. The molecule has 9 nitrogen and oxygen atoms in total. The number of aryl methyl sites for hydroxylation is 1. The van der Waals surface area contributed by atoms with E-state index in [1.54, 1.807) is 33.5 Å². The van der Waals surface area contributed by atoms with Crippen LogP contribution in [0.1, 0.15) is 53.1 Å². The highest BCUT2D eigenvalue weighted by Gasteiger charge is 2.20. The summed E-state index contributed by atoms with van der Waals surface area (Å²) in [6.45, 7) is 0.0371. The fraction of sp³-hybridized carbons (Fsp3) is 0.450. The Hall–Kier alpha value is -2.62. The number of nitrogens with zero attached hydrogens (tertiary/aromatic N) is 5. The fourth-order valence-electron chi connectivity index (χ4n) is 2.97. The molecule has 2 aromatic heterocycles. The van der Waals surface area contributed by atoms with Crippen LogP contribution in [-0.2, 0) is 18.5 Å². The SMILES string of the molecule is Cn1cccc1C(=O)SCCC(CCCCC(=O)O)SC(=O)c1cccn1CN=[N+]=[N-]. The molecule has 0 saturated carbocycles. The van der Waals surface area contributed by atoms with Crippen LogP contribution in [0.15, 0.2) is 41.8 Å². The second-order valence-electron chi connectivity index (χ2n) is 6.83. The maximum atomic E-state index is 12.8. The first-order chi connectivity index (χ1) is 14.9. The first-order valence-electron chi connectivity index (χ1n) is 9.79. The number of hydrogen-bond donors (Lipinski definition) is 1. The van der Waals surface area contributed by atoms with Crippen LogP contribution in [0.25, 0.3) is 10.4 Å². The Morgan fingerprint density at radius 2 is 1.87 bits per heavy atom. The van der Waals surface area contributed by atoms with E-state index in [1.807, 2.05) is 19.3 Å². The van der Waals surface area contributed by atoms with Gasteiger partial charge in [0, 0.05) is 41.8 Å². The number of rotatable bonds is 13. The largest absolute Gasteiger partial charge is 0.481 e. The first kappa shape index (κ1) is 24.6. The zero-order chi connectivity index (χ0) is 22.6. The number of unbranched alkanes of at least 4 members (excludes halogenated alkanes) is 1. The van der Waals surface area contributed by atoms with Crippen molar-refractivity contribution in [1.29, 1.82) is 0 Å². The lowest BCUT2D eigenvalue weighted by atomic mass is 10.1. The van der Waals surface area contributed by atoms with Crippen molar-refractivity contribution in [3.63, 3.8) is 0 Å². The molecule has 1 unspecified atom stereocenters. The van der Waals surface area contributed by atoms with Gasteiger partial charge in [-0.3, -0.25) is 14.4 Å². The molecule has 166 valence electrons. The molecule has 0 aliphatic rings. The average Bonchev–Trinajstić information content (AvgIpc) is 3.37. The number of azide groups is 1. The molecule has 11 heteroatoms. The fourth-order valence-corrected chi connectivity index (χ4v) is 5.20. The Morgan fingerprint density at radius 1 is 1.13 bits per heavy atom. The summed E-state index contributed by atoms with van der Waals surface area (Å²) in [6, 6.07) is 6.99. The van der Waals surface area contributed by atoms with E-state index >= 15 is 0 Å². The van der Waals surface area contributed by atoms with E-state index in [1.165, 1.54) is 23.5 Å². The second-order valence-corrected chi connectivity index (χ2v) is 9.17. The molecule has 1 N–H and O–H groups in total. The summed E-state index contributed by atoms with van der Waals surface area (Å²) in [5, 5.41) is 12.1. The lowest BCUT2D eigenvalue weighted by Crippen LogP contribution is -2.13. The van der Waals surface area contributed by atoms with Crippen LogP contribution in [0, 0.1) is 0 Å². The number of aliphatic carboxylic acids is 1. The van der Waals surface area contributed by atoms with Gasteiger partial charge in [-0.15, -0.1) is 0 Å². The normalized spacial score (nSPS) is 11.6. The van der Waals surface area contributed by atoms with E-state index in [9.17, 15) is 14.4 Å². The Balaban J connectivity index is 1.95. The third-order valence-electron chi connectivity index (χ3n) is 4.58. The molecular formula is C20H25N5O4S2. The molecule has 1 atom stereocenters. The maximum absolute atomic E-state index is 12.8. The highest BCUT2D eigenvalue weighted by Crippen LogP contribution is 2.27. The highest BCUT2D eigenvalue weighted by atomic mass is 32.2. The van der Waals surface area contributed by atoms with E-state index in [4.69, 9.17) is 10.6 Å². The predicted octanol–water partition coefficient (Wildman–Crippen LogP) is 4.95. The summed E-state index contributed by atoms with van der Waals surface area (Å²) < 4.78 is 3.36. The Bertz CT molecular complexity index is 949. The molecule has 0 fully saturated rings. The number of hydrogen-bond acceptors (Lipinski definition) is 6. The Labute approximate surface area is 188 Å². The number of carboxylic acid groups (broad SMARTS) is 1. The van der Waals surface area contributed by atoms with Gasteiger partial charge >= 0.3 is 5.97 Å². The van der Waals surface area contributed by atoms with Crippen LogP contribution in [0.5, 0.6) is 0 Å². The van der Waals surface area contributed by atoms with E-state index in [0.29, 0.717) is 42.8 Å². The Morgan fingerprint density at radius 3 is 2.55 bits per heavy atom. The minimum absolute atomic E-state index is 0.0169. The number of thioether (sulfide) groups is 2. The summed E-state index contributed by atoms with van der Waals surface area (Å²) >= 11 is 2.41. The molecule has 2 aromatic rings. The topological polar surface area (TPSA) is 130 Å². The van der Waals surface area contributed by atoms with Gasteiger partial charge in [0.05, 0.1) is 11.4 Å². The average molecular weight is 464 g/mol. The van der Waals surface area contributed by atoms with Crippen LogP contribution in [-0.4, -0.2) is 41.4 Å². The molecular weight excluding hydrogens is 438 g/mol. The number of carbonyl (C=O) groups is 3. The lowest BCUT2D eigenvalue weighted by molar-refractivity contribution is -0.137. The maximum Gasteiger partial charge on any atom is 0.303 e. The van der Waals surface area contributed by atoms with Crippen LogP contribution >= 0.6 is 23.5 Å². The van der Waals surface area contributed by atoms with Crippen molar-refractivity contribution in [2.75, 3.05) is 5.75 Å². The molecule has 2 rings (SSSR count). The summed E-state index contributed by atoms with van der Waals surface area (Å²) in [5.74, 6) is -0.270. The zero-order valence-electron chi connectivity index (χ0n) is 17.2. The van der Waals surface area contributed by atoms with E-state index in [-0.39, 0.29) is 28.6 Å². The summed E-state index contributed by atoms with van der Waals surface area (Å²) in [7, 11) is 1.82. The number of aromatic nitrogens is 2. The van der Waals surface area contributed by atoms with Gasteiger partial charge in [0.2, 0.25) is 10.2 Å². The van der Waals surface area contributed by atoms with Gasteiger partial charge in [-0.05, 0) is 49.1 Å². The standard InChI is InChI=1S/C20H25N5O4S2/c1-24-11-4-7-16(24)19(28)30-13-10-15(6-2-3-9-18(26)27)31-20(29)17-8-5-12-25(17)14-22-23-21/h4-5,7-8,11-12,15H,2-3,6,9-10,13-14H2,1H3,(H,26,27). The number of carbonyl (C=O) groups excluding carboxylic acids is 2. The first-order valence-corrected chi connectivity index (χ1v) is 11.7. The highest BCUT2D eigenvalue weighted by molar-refractivity contribution is 8.15. The van der Waals surface area contributed by atoms with Gasteiger partial charge in [-0.2, -0.15) is 0 Å². The van der Waals surface area contributed by atoms with Gasteiger partial charge in [0.1, 0.15) is 6.67 Å². The molecule has 0 amide bonds. The number of carboxylic acids is 1. The Kier molecular flexibility index (Phi) is 10.3. The monoisotopic (exact) mass is 463 g/mol. The summed E-state index contributed by atoms with van der Waals surface area (Å²) in [4.78, 5) is 38.6. The summed E-state index contributed by atoms with van der Waals surface area (Å²) in [5.41, 5.74) is 9.58. The molecule has 31 heavy (non-hydrogen) atoms. The molecule has 0 aromatic carbocycles. The van der Waals surface area contributed by atoms with Crippen molar-refractivity contribution in [3.8, 4) is 0 Å². The van der Waals surface area contributed by atoms with Crippen LogP contribution in [0.2, 0.25) is 0 Å². The molecule has 0 aliphatic carbocycles. The van der Waals surface area contributed by atoms with Crippen molar-refractivity contribution in [2.24, 2.45) is 12.2 Å². The minimum atomic E-state index is -0.833. The minimum Gasteiger partial charge on any atom is -0.481 e. The molecule has 0 bridgehead atoms. The smallest absolute Gasteiger partial charge is 0.303 e. The van der Waals surface area contributed by atoms with Gasteiger partial charge in [0.15, 0.2) is 0 Å². The molecule has 0 saturated heterocycles. The van der Waals surface area contributed by atoms with Crippen LogP contribution in [0.3, 0.4) is 0 Å². The van der Waals surface area contributed by atoms with E-state index < -0.39 is 5.97 Å². The van der Waals surface area contributed by atoms with Crippen molar-refractivity contribution in [2.45, 2.75) is 44.0 Å². The third-order valence-corrected chi connectivity index (χ3v) is 6.72. The molecule has 0 aliphatic heterocycles. The second kappa shape index (κ2) is 12.9. The van der Waals surface area contributed by atoms with Gasteiger partial charge < -0.3 is 14.2 Å². The van der Waals surface area contributed by atoms with Gasteiger partial charge in [-0.1, -0.05) is 35.1 Å². The molecule has 0 spiro atoms. The van der Waals surface area contributed by atoms with Gasteiger partial charge in [0.25, 0.3) is 0 Å². The summed E-state index contributed by atoms with van der Waals surface area (Å²) in [6.07, 6.45) is 6.15.